The number of hydrogen-bond donors (Lipinski definition) is 1. The molecule has 1 aliphatic heterocycles. The molecule has 0 radical (unpaired) electrons. The lowest BCUT2D eigenvalue weighted by molar-refractivity contribution is -0.121. The molecule has 0 bridgehead atoms. The Labute approximate surface area is 110 Å². The van der Waals surface area contributed by atoms with Crippen LogP contribution in [0.5, 0.6) is 0 Å². The zero-order valence-electron chi connectivity index (χ0n) is 10.3. The normalized spacial score (nSPS) is 22.7. The lowest BCUT2D eigenvalue weighted by atomic mass is 10.2. The maximum Gasteiger partial charge on any atom is 0.251 e. The van der Waals surface area contributed by atoms with Crippen molar-refractivity contribution in [3.8, 4) is 6.07 Å². The first kappa shape index (κ1) is 11.9. The van der Waals surface area contributed by atoms with Crippen molar-refractivity contribution < 1.29 is 9.59 Å². The van der Waals surface area contributed by atoms with Crippen molar-refractivity contribution >= 4 is 17.5 Å². The van der Waals surface area contributed by atoms with Crippen LogP contribution in [0.25, 0.3) is 0 Å². The zero-order valence-corrected chi connectivity index (χ0v) is 10.3. The average Bonchev–Trinajstić information content (AvgIpc) is 3.18. The molecule has 96 valence electrons. The number of nitrogens with zero attached hydrogens (tertiary/aromatic N) is 2. The minimum atomic E-state index is -0.393. The zero-order chi connectivity index (χ0) is 13.4. The molecule has 1 aromatic rings. The van der Waals surface area contributed by atoms with E-state index in [1.807, 2.05) is 6.07 Å². The molecule has 1 atom stereocenters. The number of benzene rings is 1. The number of anilines is 1. The van der Waals surface area contributed by atoms with Crippen LogP contribution in [-0.2, 0) is 9.59 Å². The van der Waals surface area contributed by atoms with Gasteiger partial charge in [-0.15, -0.1) is 0 Å². The summed E-state index contributed by atoms with van der Waals surface area (Å²) in [5.74, 6) is -0.380. The first-order chi connectivity index (χ1) is 9.19. The third kappa shape index (κ3) is 2.23. The first-order valence-corrected chi connectivity index (χ1v) is 6.32. The van der Waals surface area contributed by atoms with Gasteiger partial charge in [0, 0.05) is 6.04 Å². The van der Waals surface area contributed by atoms with Gasteiger partial charge in [0.2, 0.25) is 5.91 Å². The molecule has 1 aromatic carbocycles. The van der Waals surface area contributed by atoms with E-state index in [2.05, 4.69) is 5.32 Å². The Hall–Kier alpha value is -2.19. The molecule has 3 rings (SSSR count). The Morgan fingerprint density at radius 3 is 2.47 bits per heavy atom. The standard InChI is InChI=1S/C14H13N3O2/c15-8-9-1-5-11(6-2-9)17-13(18)7-12(14(17)19)16-10-3-4-10/h1-2,5-6,10,12,16H,3-4,7H2. The van der Waals surface area contributed by atoms with E-state index in [9.17, 15) is 9.59 Å². The van der Waals surface area contributed by atoms with Crippen LogP contribution in [0, 0.1) is 11.3 Å². The highest BCUT2D eigenvalue weighted by molar-refractivity contribution is 6.22. The number of imide groups is 1. The number of nitriles is 1. The van der Waals surface area contributed by atoms with Crippen LogP contribution >= 0.6 is 0 Å². The van der Waals surface area contributed by atoms with Gasteiger partial charge in [-0.25, -0.2) is 4.90 Å². The van der Waals surface area contributed by atoms with E-state index in [1.165, 1.54) is 4.90 Å². The average molecular weight is 255 g/mol. The van der Waals surface area contributed by atoms with Crippen LogP contribution in [-0.4, -0.2) is 23.9 Å². The molecule has 1 aliphatic carbocycles. The molecule has 1 heterocycles. The van der Waals surface area contributed by atoms with E-state index in [-0.39, 0.29) is 18.2 Å². The Kier molecular flexibility index (Phi) is 2.80. The first-order valence-electron chi connectivity index (χ1n) is 6.32. The van der Waals surface area contributed by atoms with Crippen LogP contribution in [0.3, 0.4) is 0 Å². The van der Waals surface area contributed by atoms with E-state index in [0.29, 0.717) is 17.3 Å². The molecule has 19 heavy (non-hydrogen) atoms. The number of carbonyl (C=O) groups is 2. The summed E-state index contributed by atoms with van der Waals surface area (Å²) < 4.78 is 0. The monoisotopic (exact) mass is 255 g/mol. The second-order valence-electron chi connectivity index (χ2n) is 4.92. The third-order valence-electron chi connectivity index (χ3n) is 3.42. The minimum Gasteiger partial charge on any atom is -0.303 e. The van der Waals surface area contributed by atoms with Crippen molar-refractivity contribution in [1.29, 1.82) is 5.26 Å². The van der Waals surface area contributed by atoms with E-state index >= 15 is 0 Å². The van der Waals surface area contributed by atoms with E-state index in [4.69, 9.17) is 5.26 Å². The predicted molar refractivity (Wildman–Crippen MR) is 68.2 cm³/mol. The molecule has 5 heteroatoms. The van der Waals surface area contributed by atoms with Crippen molar-refractivity contribution in [2.75, 3.05) is 4.90 Å². The summed E-state index contributed by atoms with van der Waals surface area (Å²) in [4.78, 5) is 25.4. The molecular formula is C14H13N3O2. The van der Waals surface area contributed by atoms with Gasteiger partial charge in [0.15, 0.2) is 0 Å². The van der Waals surface area contributed by atoms with E-state index in [1.54, 1.807) is 24.3 Å². The summed E-state index contributed by atoms with van der Waals surface area (Å²) in [5, 5.41) is 11.9. The highest BCUT2D eigenvalue weighted by Crippen LogP contribution is 2.26. The van der Waals surface area contributed by atoms with Crippen molar-refractivity contribution in [2.45, 2.75) is 31.3 Å². The quantitative estimate of drug-likeness (QED) is 0.816. The van der Waals surface area contributed by atoms with Gasteiger partial charge in [-0.3, -0.25) is 9.59 Å². The van der Waals surface area contributed by atoms with Gasteiger partial charge in [-0.05, 0) is 37.1 Å². The summed E-state index contributed by atoms with van der Waals surface area (Å²) in [7, 11) is 0. The fourth-order valence-electron chi connectivity index (χ4n) is 2.25. The molecule has 1 saturated heterocycles. The SMILES string of the molecule is N#Cc1ccc(N2C(=O)CC(NC3CC3)C2=O)cc1. The maximum absolute atomic E-state index is 12.2. The smallest absolute Gasteiger partial charge is 0.251 e. The Balaban J connectivity index is 1.80. The molecule has 2 amide bonds. The summed E-state index contributed by atoms with van der Waals surface area (Å²) in [6.45, 7) is 0. The second-order valence-corrected chi connectivity index (χ2v) is 4.92. The minimum absolute atomic E-state index is 0.187. The van der Waals surface area contributed by atoms with Crippen molar-refractivity contribution in [3.63, 3.8) is 0 Å². The largest absolute Gasteiger partial charge is 0.303 e. The maximum atomic E-state index is 12.2. The molecule has 2 fully saturated rings. The van der Waals surface area contributed by atoms with E-state index in [0.717, 1.165) is 12.8 Å². The molecule has 0 spiro atoms. The Morgan fingerprint density at radius 2 is 1.89 bits per heavy atom. The highest BCUT2D eigenvalue weighted by atomic mass is 16.2. The van der Waals surface area contributed by atoms with Crippen LogP contribution < -0.4 is 10.2 Å². The van der Waals surface area contributed by atoms with Gasteiger partial charge in [0.05, 0.1) is 29.8 Å². The molecule has 2 aliphatic rings. The molecule has 1 unspecified atom stereocenters. The lowest BCUT2D eigenvalue weighted by Gasteiger charge is -2.15. The predicted octanol–water partition coefficient (Wildman–Crippen LogP) is 0.942. The van der Waals surface area contributed by atoms with Crippen LogP contribution in [0.4, 0.5) is 5.69 Å². The van der Waals surface area contributed by atoms with Crippen molar-refractivity contribution in [3.05, 3.63) is 29.8 Å². The topological polar surface area (TPSA) is 73.2 Å². The van der Waals surface area contributed by atoms with Crippen LogP contribution in [0.15, 0.2) is 24.3 Å². The van der Waals surface area contributed by atoms with E-state index < -0.39 is 6.04 Å². The molecule has 5 nitrogen and oxygen atoms in total. The number of carbonyl (C=O) groups excluding carboxylic acids is 2. The number of hydrogen-bond acceptors (Lipinski definition) is 4. The van der Waals surface area contributed by atoms with Crippen LogP contribution in [0.2, 0.25) is 0 Å². The van der Waals surface area contributed by atoms with Gasteiger partial charge < -0.3 is 5.32 Å². The van der Waals surface area contributed by atoms with Gasteiger partial charge in [0.1, 0.15) is 0 Å². The summed E-state index contributed by atoms with van der Waals surface area (Å²) in [5.41, 5.74) is 1.05. The Bertz CT molecular complexity index is 569. The number of rotatable bonds is 3. The van der Waals surface area contributed by atoms with Gasteiger partial charge in [0.25, 0.3) is 5.91 Å². The number of amides is 2. The summed E-state index contributed by atoms with van der Waals surface area (Å²) in [6, 6.07) is 8.49. The second kappa shape index (κ2) is 4.48. The summed E-state index contributed by atoms with van der Waals surface area (Å²) >= 11 is 0. The molecule has 1 N–H and O–H groups in total. The lowest BCUT2D eigenvalue weighted by Crippen LogP contribution is -2.39. The fourth-order valence-corrected chi connectivity index (χ4v) is 2.25. The van der Waals surface area contributed by atoms with Crippen LogP contribution in [0.1, 0.15) is 24.8 Å². The fraction of sp³-hybridized carbons (Fsp3) is 0.357. The molecule has 0 aromatic heterocycles. The Morgan fingerprint density at radius 1 is 1.21 bits per heavy atom. The van der Waals surface area contributed by atoms with Gasteiger partial charge >= 0.3 is 0 Å². The van der Waals surface area contributed by atoms with Gasteiger partial charge in [-0.2, -0.15) is 5.26 Å². The summed E-state index contributed by atoms with van der Waals surface area (Å²) in [6.07, 6.45) is 2.37. The highest BCUT2D eigenvalue weighted by Gasteiger charge is 2.41. The molecular weight excluding hydrogens is 242 g/mol. The van der Waals surface area contributed by atoms with Crippen molar-refractivity contribution in [2.24, 2.45) is 0 Å². The van der Waals surface area contributed by atoms with Gasteiger partial charge in [-0.1, -0.05) is 0 Å². The molecule has 1 saturated carbocycles. The van der Waals surface area contributed by atoms with Crippen molar-refractivity contribution in [1.82, 2.24) is 5.32 Å². The number of nitrogens with one attached hydrogen (secondary N) is 1. The third-order valence-corrected chi connectivity index (χ3v) is 3.42.